The van der Waals surface area contributed by atoms with Gasteiger partial charge in [0.05, 0.1) is 0 Å². The van der Waals surface area contributed by atoms with E-state index in [1.165, 1.54) is 32.5 Å². The number of hydrogen-bond donors (Lipinski definition) is 0. The minimum absolute atomic E-state index is 1.18. The molecule has 0 atom stereocenters. The first-order valence-electron chi connectivity index (χ1n) is 4.08. The Morgan fingerprint density at radius 2 is 1.27 bits per heavy atom. The average molecular weight is 164 g/mol. The lowest BCUT2D eigenvalue weighted by atomic mass is 10.0. The highest BCUT2D eigenvalue weighted by Crippen LogP contribution is 2.10. The molecule has 1 rings (SSSR count). The van der Waals surface area contributed by atoms with Crippen molar-refractivity contribution in [3.8, 4) is 0 Å². The molecule has 0 aliphatic rings. The predicted octanol–water partition coefficient (Wildman–Crippen LogP) is 0.911. The van der Waals surface area contributed by atoms with Gasteiger partial charge in [0.15, 0.2) is 0 Å². The molecule has 60 valence electrons. The largest absolute Gasteiger partial charge is 0.0645 e. The van der Waals surface area contributed by atoms with Crippen LogP contribution in [0.2, 0.25) is 0 Å². The SMILES string of the molecule is Cc1cc(C)c(C)c([SiH3])c1C. The summed E-state index contributed by atoms with van der Waals surface area (Å²) in [5.41, 5.74) is 5.88. The van der Waals surface area contributed by atoms with Gasteiger partial charge in [-0.15, -0.1) is 0 Å². The van der Waals surface area contributed by atoms with E-state index in [0.717, 1.165) is 0 Å². The zero-order valence-electron chi connectivity index (χ0n) is 8.08. The van der Waals surface area contributed by atoms with E-state index in [-0.39, 0.29) is 0 Å². The minimum atomic E-state index is 1.18. The smallest absolute Gasteiger partial charge is 0.0392 e. The van der Waals surface area contributed by atoms with Crippen molar-refractivity contribution in [1.29, 1.82) is 0 Å². The third-order valence-corrected chi connectivity index (χ3v) is 4.24. The van der Waals surface area contributed by atoms with E-state index in [9.17, 15) is 0 Å². The summed E-state index contributed by atoms with van der Waals surface area (Å²) in [6.45, 7) is 8.85. The van der Waals surface area contributed by atoms with E-state index in [2.05, 4.69) is 33.8 Å². The van der Waals surface area contributed by atoms with Crippen LogP contribution in [0.15, 0.2) is 6.07 Å². The fraction of sp³-hybridized carbons (Fsp3) is 0.400. The van der Waals surface area contributed by atoms with Crippen LogP contribution in [0.4, 0.5) is 0 Å². The molecule has 0 radical (unpaired) electrons. The van der Waals surface area contributed by atoms with Crippen LogP contribution in [0.1, 0.15) is 22.3 Å². The Morgan fingerprint density at radius 1 is 0.909 bits per heavy atom. The van der Waals surface area contributed by atoms with Gasteiger partial charge in [-0.2, -0.15) is 0 Å². The molecule has 0 N–H and O–H groups in total. The third kappa shape index (κ3) is 1.38. The van der Waals surface area contributed by atoms with Crippen molar-refractivity contribution in [3.63, 3.8) is 0 Å². The Balaban J connectivity index is 3.46. The van der Waals surface area contributed by atoms with Gasteiger partial charge in [0.25, 0.3) is 0 Å². The molecular weight excluding hydrogens is 148 g/mol. The number of hydrogen-bond acceptors (Lipinski definition) is 0. The molecule has 0 saturated heterocycles. The number of rotatable bonds is 0. The van der Waals surface area contributed by atoms with Gasteiger partial charge in [-0.05, 0) is 49.9 Å². The molecule has 0 nitrogen and oxygen atoms in total. The van der Waals surface area contributed by atoms with E-state index < -0.39 is 0 Å². The van der Waals surface area contributed by atoms with Gasteiger partial charge in [-0.1, -0.05) is 11.3 Å². The van der Waals surface area contributed by atoms with E-state index in [0.29, 0.717) is 0 Å². The molecule has 0 spiro atoms. The van der Waals surface area contributed by atoms with Crippen molar-refractivity contribution in [2.24, 2.45) is 0 Å². The molecule has 1 aromatic rings. The molecule has 0 amide bonds. The molecule has 0 aliphatic heterocycles. The van der Waals surface area contributed by atoms with Crippen LogP contribution in [0.5, 0.6) is 0 Å². The maximum absolute atomic E-state index is 2.28. The highest BCUT2D eigenvalue weighted by atomic mass is 28.1. The second-order valence-corrected chi connectivity index (χ2v) is 4.39. The van der Waals surface area contributed by atoms with Gasteiger partial charge in [0, 0.05) is 10.2 Å². The summed E-state index contributed by atoms with van der Waals surface area (Å²) < 4.78 is 0. The van der Waals surface area contributed by atoms with Gasteiger partial charge >= 0.3 is 0 Å². The molecule has 11 heavy (non-hydrogen) atoms. The van der Waals surface area contributed by atoms with E-state index in [1.807, 2.05) is 0 Å². The van der Waals surface area contributed by atoms with Crippen LogP contribution in [0.3, 0.4) is 0 Å². The topological polar surface area (TPSA) is 0 Å². The number of aryl methyl sites for hydroxylation is 2. The molecule has 0 bridgehead atoms. The van der Waals surface area contributed by atoms with Crippen LogP contribution in [0, 0.1) is 27.7 Å². The van der Waals surface area contributed by atoms with Crippen molar-refractivity contribution in [1.82, 2.24) is 0 Å². The first-order valence-corrected chi connectivity index (χ1v) is 5.08. The molecular formula is C10H16Si. The molecule has 1 aromatic carbocycles. The Morgan fingerprint density at radius 3 is 1.64 bits per heavy atom. The lowest BCUT2D eigenvalue weighted by molar-refractivity contribution is 1.27. The lowest BCUT2D eigenvalue weighted by Crippen LogP contribution is -2.14. The van der Waals surface area contributed by atoms with Crippen molar-refractivity contribution in [2.75, 3.05) is 0 Å². The van der Waals surface area contributed by atoms with Gasteiger partial charge in [-0.25, -0.2) is 0 Å². The Kier molecular flexibility index (Phi) is 2.19. The standard InChI is InChI=1S/C10H16Si/c1-6-5-7(2)9(4)10(11)8(6)3/h5H,1-4,11H3. The van der Waals surface area contributed by atoms with Crippen LogP contribution in [-0.2, 0) is 0 Å². The zero-order chi connectivity index (χ0) is 8.59. The first-order chi connectivity index (χ1) is 5.04. The van der Waals surface area contributed by atoms with Crippen molar-refractivity contribution >= 4 is 15.4 Å². The average Bonchev–Trinajstić information content (AvgIpc) is 1.97. The zero-order valence-corrected chi connectivity index (χ0v) is 10.1. The summed E-state index contributed by atoms with van der Waals surface area (Å²) in [7, 11) is 1.18. The van der Waals surface area contributed by atoms with E-state index >= 15 is 0 Å². The first kappa shape index (κ1) is 8.53. The molecule has 0 heterocycles. The summed E-state index contributed by atoms with van der Waals surface area (Å²) in [5.74, 6) is 0. The summed E-state index contributed by atoms with van der Waals surface area (Å²) in [6.07, 6.45) is 0. The second kappa shape index (κ2) is 2.82. The minimum Gasteiger partial charge on any atom is -0.0645 e. The quantitative estimate of drug-likeness (QED) is 0.500. The molecule has 0 saturated carbocycles. The maximum atomic E-state index is 2.28. The normalized spacial score (nSPS) is 10.5. The monoisotopic (exact) mass is 164 g/mol. The van der Waals surface area contributed by atoms with Gasteiger partial charge < -0.3 is 0 Å². The predicted molar refractivity (Wildman–Crippen MR) is 55.0 cm³/mol. The fourth-order valence-electron chi connectivity index (χ4n) is 1.41. The molecule has 0 aromatic heterocycles. The van der Waals surface area contributed by atoms with E-state index in [4.69, 9.17) is 0 Å². The Labute approximate surface area is 72.1 Å². The fourth-order valence-corrected chi connectivity index (χ4v) is 2.20. The Hall–Kier alpha value is -0.563. The highest BCUT2D eigenvalue weighted by Gasteiger charge is 2.02. The number of benzene rings is 1. The summed E-state index contributed by atoms with van der Waals surface area (Å²) >= 11 is 0. The maximum Gasteiger partial charge on any atom is 0.0392 e. The van der Waals surface area contributed by atoms with Gasteiger partial charge in [0.1, 0.15) is 0 Å². The summed E-state index contributed by atoms with van der Waals surface area (Å²) in [5, 5.41) is 1.59. The van der Waals surface area contributed by atoms with Crippen LogP contribution >= 0.6 is 0 Å². The van der Waals surface area contributed by atoms with Crippen molar-refractivity contribution < 1.29 is 0 Å². The van der Waals surface area contributed by atoms with Crippen molar-refractivity contribution in [3.05, 3.63) is 28.3 Å². The molecule has 0 fully saturated rings. The summed E-state index contributed by atoms with van der Waals surface area (Å²) in [4.78, 5) is 0. The second-order valence-electron chi connectivity index (χ2n) is 3.39. The van der Waals surface area contributed by atoms with Crippen LogP contribution < -0.4 is 5.19 Å². The lowest BCUT2D eigenvalue weighted by Gasteiger charge is -2.10. The van der Waals surface area contributed by atoms with E-state index in [1.54, 1.807) is 5.19 Å². The third-order valence-electron chi connectivity index (χ3n) is 2.74. The van der Waals surface area contributed by atoms with Crippen LogP contribution in [-0.4, -0.2) is 10.2 Å². The molecule has 0 aliphatic carbocycles. The summed E-state index contributed by atoms with van der Waals surface area (Å²) in [6, 6.07) is 2.28. The molecule has 0 unspecified atom stereocenters. The van der Waals surface area contributed by atoms with Crippen molar-refractivity contribution in [2.45, 2.75) is 27.7 Å². The van der Waals surface area contributed by atoms with Crippen LogP contribution in [0.25, 0.3) is 0 Å². The Bertz CT molecular complexity index is 261. The molecule has 1 heteroatoms. The van der Waals surface area contributed by atoms with Gasteiger partial charge in [0.2, 0.25) is 0 Å². The van der Waals surface area contributed by atoms with Gasteiger partial charge in [-0.3, -0.25) is 0 Å². The highest BCUT2D eigenvalue weighted by molar-refractivity contribution is 6.34.